The van der Waals surface area contributed by atoms with Gasteiger partial charge in [0.15, 0.2) is 11.6 Å². The van der Waals surface area contributed by atoms with Crippen molar-refractivity contribution >= 4 is 29.1 Å². The van der Waals surface area contributed by atoms with Gasteiger partial charge in [-0.3, -0.25) is 9.69 Å². The highest BCUT2D eigenvalue weighted by atomic mass is 16.5. The minimum Gasteiger partial charge on any atom is -0.377 e. The van der Waals surface area contributed by atoms with Gasteiger partial charge >= 0.3 is 6.03 Å². The van der Waals surface area contributed by atoms with E-state index in [2.05, 4.69) is 34.7 Å². The SMILES string of the molecule is CNC(=O)Nc1ccc(-c2ncc3c(n2)N2CCOC[C@H]2C(=O)N3C(C)c2ccccc2C)cc1. The normalized spacial score (nSPS) is 17.9. The predicted octanol–water partition coefficient (Wildman–Crippen LogP) is 3.52. The van der Waals surface area contributed by atoms with Crippen molar-refractivity contribution in [3.05, 3.63) is 65.9 Å². The number of aromatic nitrogens is 2. The van der Waals surface area contributed by atoms with Crippen molar-refractivity contribution in [1.29, 1.82) is 0 Å². The highest BCUT2D eigenvalue weighted by Gasteiger charge is 2.43. The zero-order valence-corrected chi connectivity index (χ0v) is 20.0. The number of nitrogens with zero attached hydrogens (tertiary/aromatic N) is 4. The summed E-state index contributed by atoms with van der Waals surface area (Å²) in [5.74, 6) is 1.28. The van der Waals surface area contributed by atoms with Crippen LogP contribution in [0.2, 0.25) is 0 Å². The second-order valence-electron chi connectivity index (χ2n) is 8.71. The molecule has 2 atom stereocenters. The number of urea groups is 1. The lowest BCUT2D eigenvalue weighted by Gasteiger charge is -2.45. The number of carbonyl (C=O) groups is 2. The summed E-state index contributed by atoms with van der Waals surface area (Å²) in [5.41, 5.74) is 4.39. The molecule has 9 nitrogen and oxygen atoms in total. The summed E-state index contributed by atoms with van der Waals surface area (Å²) >= 11 is 0. The van der Waals surface area contributed by atoms with E-state index in [-0.39, 0.29) is 18.0 Å². The van der Waals surface area contributed by atoms with Crippen molar-refractivity contribution < 1.29 is 14.3 Å². The van der Waals surface area contributed by atoms with Gasteiger partial charge in [-0.1, -0.05) is 24.3 Å². The molecular formula is C26H28N6O3. The van der Waals surface area contributed by atoms with Crippen LogP contribution in [0, 0.1) is 6.92 Å². The van der Waals surface area contributed by atoms with Gasteiger partial charge in [-0.15, -0.1) is 0 Å². The van der Waals surface area contributed by atoms with Crippen molar-refractivity contribution in [3.63, 3.8) is 0 Å². The quantitative estimate of drug-likeness (QED) is 0.603. The molecule has 0 spiro atoms. The number of rotatable bonds is 4. The first-order chi connectivity index (χ1) is 17.0. The first-order valence-corrected chi connectivity index (χ1v) is 11.7. The van der Waals surface area contributed by atoms with Gasteiger partial charge in [0.25, 0.3) is 5.91 Å². The van der Waals surface area contributed by atoms with Crippen LogP contribution in [-0.4, -0.2) is 54.8 Å². The lowest BCUT2D eigenvalue weighted by atomic mass is 9.98. The fourth-order valence-electron chi connectivity index (χ4n) is 4.72. The Labute approximate surface area is 204 Å². The first-order valence-electron chi connectivity index (χ1n) is 11.7. The van der Waals surface area contributed by atoms with E-state index < -0.39 is 6.04 Å². The second kappa shape index (κ2) is 9.34. The molecule has 0 bridgehead atoms. The van der Waals surface area contributed by atoms with Crippen molar-refractivity contribution in [1.82, 2.24) is 15.3 Å². The van der Waals surface area contributed by atoms with Gasteiger partial charge < -0.3 is 20.3 Å². The Kier molecular flexibility index (Phi) is 6.08. The molecule has 9 heteroatoms. The maximum atomic E-state index is 13.7. The molecule has 0 aliphatic carbocycles. The van der Waals surface area contributed by atoms with Crippen LogP contribution < -0.4 is 20.4 Å². The fraction of sp³-hybridized carbons (Fsp3) is 0.308. The van der Waals surface area contributed by atoms with Crippen LogP contribution >= 0.6 is 0 Å². The summed E-state index contributed by atoms with van der Waals surface area (Å²) in [5, 5.41) is 5.27. The van der Waals surface area contributed by atoms with E-state index >= 15 is 0 Å². The third-order valence-electron chi connectivity index (χ3n) is 6.59. The number of morpholine rings is 1. The Hall–Kier alpha value is -3.98. The average molecular weight is 473 g/mol. The van der Waals surface area contributed by atoms with Crippen molar-refractivity contribution in [2.75, 3.05) is 41.9 Å². The molecule has 2 aromatic carbocycles. The Morgan fingerprint density at radius 2 is 1.94 bits per heavy atom. The minimum absolute atomic E-state index is 0.00562. The number of aryl methyl sites for hydroxylation is 1. The third kappa shape index (κ3) is 4.19. The Morgan fingerprint density at radius 1 is 1.17 bits per heavy atom. The molecule has 0 saturated carbocycles. The van der Waals surface area contributed by atoms with Crippen LogP contribution in [0.4, 0.5) is 22.0 Å². The van der Waals surface area contributed by atoms with Crippen LogP contribution in [0.5, 0.6) is 0 Å². The van der Waals surface area contributed by atoms with E-state index in [1.165, 1.54) is 0 Å². The molecule has 1 unspecified atom stereocenters. The van der Waals surface area contributed by atoms with E-state index in [4.69, 9.17) is 9.72 Å². The minimum atomic E-state index is -0.426. The third-order valence-corrected chi connectivity index (χ3v) is 6.59. The highest BCUT2D eigenvalue weighted by molar-refractivity contribution is 6.05. The molecule has 3 amide bonds. The highest BCUT2D eigenvalue weighted by Crippen LogP contribution is 2.41. The fourth-order valence-corrected chi connectivity index (χ4v) is 4.72. The number of fused-ring (bicyclic) bond motifs is 3. The molecule has 5 rings (SSSR count). The lowest BCUT2D eigenvalue weighted by molar-refractivity contribution is -0.123. The van der Waals surface area contributed by atoms with Crippen LogP contribution in [0.15, 0.2) is 54.7 Å². The zero-order valence-electron chi connectivity index (χ0n) is 20.0. The zero-order chi connectivity index (χ0) is 24.5. The van der Waals surface area contributed by atoms with E-state index in [1.807, 2.05) is 41.0 Å². The molecule has 1 saturated heterocycles. The Bertz CT molecular complexity index is 1260. The topological polar surface area (TPSA) is 99.7 Å². The molecule has 180 valence electrons. The number of nitrogens with one attached hydrogen (secondary N) is 2. The molecule has 1 fully saturated rings. The van der Waals surface area contributed by atoms with Crippen LogP contribution in [0.3, 0.4) is 0 Å². The molecular weight excluding hydrogens is 444 g/mol. The van der Waals surface area contributed by atoms with Gasteiger partial charge in [0.1, 0.15) is 11.7 Å². The average Bonchev–Trinajstić information content (AvgIpc) is 2.89. The Balaban J connectivity index is 1.54. The van der Waals surface area contributed by atoms with Crippen LogP contribution in [-0.2, 0) is 9.53 Å². The summed E-state index contributed by atoms with van der Waals surface area (Å²) < 4.78 is 5.68. The summed E-state index contributed by atoms with van der Waals surface area (Å²) in [7, 11) is 1.57. The summed E-state index contributed by atoms with van der Waals surface area (Å²) in [6.45, 7) is 5.54. The number of carbonyl (C=O) groups excluding carboxylic acids is 2. The number of hydrogen-bond donors (Lipinski definition) is 2. The van der Waals surface area contributed by atoms with Crippen molar-refractivity contribution in [3.8, 4) is 11.4 Å². The van der Waals surface area contributed by atoms with E-state index in [0.29, 0.717) is 37.0 Å². The molecule has 3 heterocycles. The van der Waals surface area contributed by atoms with Gasteiger partial charge in [-0.05, 0) is 49.2 Å². The van der Waals surface area contributed by atoms with Crippen molar-refractivity contribution in [2.45, 2.75) is 25.9 Å². The van der Waals surface area contributed by atoms with E-state index in [9.17, 15) is 9.59 Å². The predicted molar refractivity (Wildman–Crippen MR) is 135 cm³/mol. The molecule has 2 N–H and O–H groups in total. The van der Waals surface area contributed by atoms with Crippen LogP contribution in [0.25, 0.3) is 11.4 Å². The van der Waals surface area contributed by atoms with Gasteiger partial charge in [-0.2, -0.15) is 0 Å². The molecule has 2 aliphatic heterocycles. The first kappa shape index (κ1) is 22.8. The summed E-state index contributed by atoms with van der Waals surface area (Å²) in [6, 6.07) is 14.6. The lowest BCUT2D eigenvalue weighted by Crippen LogP contribution is -2.59. The van der Waals surface area contributed by atoms with Crippen LogP contribution in [0.1, 0.15) is 24.1 Å². The monoisotopic (exact) mass is 472 g/mol. The molecule has 0 radical (unpaired) electrons. The number of hydrogen-bond acceptors (Lipinski definition) is 6. The second-order valence-corrected chi connectivity index (χ2v) is 8.71. The number of anilines is 3. The van der Waals surface area contributed by atoms with E-state index in [1.54, 1.807) is 25.4 Å². The summed E-state index contributed by atoms with van der Waals surface area (Å²) in [6.07, 6.45) is 1.74. The summed E-state index contributed by atoms with van der Waals surface area (Å²) in [4.78, 5) is 38.6. The maximum absolute atomic E-state index is 13.7. The smallest absolute Gasteiger partial charge is 0.318 e. The van der Waals surface area contributed by atoms with Crippen molar-refractivity contribution in [2.24, 2.45) is 0 Å². The molecule has 3 aromatic rings. The van der Waals surface area contributed by atoms with Gasteiger partial charge in [-0.25, -0.2) is 14.8 Å². The standard InChI is InChI=1S/C26H28N6O3/c1-16-6-4-5-7-20(16)17(2)32-21-14-28-23(18-8-10-19(11-9-18)29-26(34)27-3)30-24(21)31-12-13-35-15-22(31)25(32)33/h4-11,14,17,22H,12-13,15H2,1-3H3,(H2,27,29,34)/t17?,22-/m0/s1. The number of amides is 3. The molecule has 35 heavy (non-hydrogen) atoms. The molecule has 2 aliphatic rings. The number of benzene rings is 2. The molecule has 1 aromatic heterocycles. The maximum Gasteiger partial charge on any atom is 0.318 e. The largest absolute Gasteiger partial charge is 0.377 e. The Morgan fingerprint density at radius 3 is 2.69 bits per heavy atom. The number of ether oxygens (including phenoxy) is 1. The van der Waals surface area contributed by atoms with Gasteiger partial charge in [0.2, 0.25) is 0 Å². The van der Waals surface area contributed by atoms with E-state index in [0.717, 1.165) is 22.5 Å². The van der Waals surface area contributed by atoms with Gasteiger partial charge in [0.05, 0.1) is 25.5 Å². The van der Waals surface area contributed by atoms with Gasteiger partial charge in [0, 0.05) is 24.8 Å².